The summed E-state index contributed by atoms with van der Waals surface area (Å²) >= 11 is 0. The Morgan fingerprint density at radius 1 is 0.568 bits per heavy atom. The molecule has 13 heteroatoms. The molecule has 0 aromatic heterocycles. The van der Waals surface area contributed by atoms with Gasteiger partial charge < -0.3 is 53.2 Å². The summed E-state index contributed by atoms with van der Waals surface area (Å²) in [4.78, 5) is 25.4. The first-order chi connectivity index (χ1) is 21.0. The zero-order valence-corrected chi connectivity index (χ0v) is 24.1. The third-order valence-corrected chi connectivity index (χ3v) is 8.96. The van der Waals surface area contributed by atoms with E-state index in [1.165, 1.54) is 0 Å². The van der Waals surface area contributed by atoms with Crippen LogP contribution < -0.4 is 0 Å². The van der Waals surface area contributed by atoms with Gasteiger partial charge in [0.05, 0.1) is 11.1 Å². The Hall–Kier alpha value is -2.98. The second-order valence-electron chi connectivity index (χ2n) is 12.0. The van der Waals surface area contributed by atoms with Gasteiger partial charge in [-0.05, 0) is 24.3 Å². The van der Waals surface area contributed by atoms with Gasteiger partial charge in [0.15, 0.2) is 12.2 Å². The van der Waals surface area contributed by atoms with Gasteiger partial charge in [-0.2, -0.15) is 0 Å². The van der Waals surface area contributed by atoms with E-state index in [4.69, 9.17) is 37.9 Å². The molecule has 44 heavy (non-hydrogen) atoms. The van der Waals surface area contributed by atoms with E-state index in [-0.39, 0.29) is 5.92 Å². The van der Waals surface area contributed by atoms with E-state index in [0.29, 0.717) is 11.1 Å². The van der Waals surface area contributed by atoms with Crippen molar-refractivity contribution >= 4 is 11.9 Å². The molecule has 6 aliphatic heterocycles. The number of aliphatic hydroxyl groups excluding tert-OH is 3. The topological polar surface area (TPSA) is 169 Å². The molecule has 3 N–H and O–H groups in total. The van der Waals surface area contributed by atoms with E-state index in [1.54, 1.807) is 62.4 Å². The van der Waals surface area contributed by atoms with E-state index in [0.717, 1.165) is 0 Å². The monoisotopic (exact) mass is 614 g/mol. The molecule has 2 aliphatic carbocycles. The fraction of sp³-hybridized carbons (Fsp3) is 0.548. The summed E-state index contributed by atoms with van der Waals surface area (Å²) < 4.78 is 45.2. The van der Waals surface area contributed by atoms with Gasteiger partial charge in [0.2, 0.25) is 0 Å². The number of aliphatic hydroxyl groups is 3. The SMILES string of the molecule is CC12OC3C(O)C(O1)C(O)C(O2)C3O.CC1C2OC3(C)OC(C2OC(=O)c2ccccc2)C(OC(=O)c2ccccc2)[C@@H]1O3. The third kappa shape index (κ3) is 4.92. The summed E-state index contributed by atoms with van der Waals surface area (Å²) in [5, 5.41) is 29.0. The number of esters is 2. The van der Waals surface area contributed by atoms with Gasteiger partial charge in [-0.3, -0.25) is 0 Å². The van der Waals surface area contributed by atoms with Crippen LogP contribution in [0.4, 0.5) is 0 Å². The first-order valence-corrected chi connectivity index (χ1v) is 14.6. The fourth-order valence-electron chi connectivity index (χ4n) is 6.86. The summed E-state index contributed by atoms with van der Waals surface area (Å²) in [5.41, 5.74) is 0.860. The molecule has 13 nitrogen and oxygen atoms in total. The Balaban J connectivity index is 0.000000185. The van der Waals surface area contributed by atoms with Crippen molar-refractivity contribution in [2.24, 2.45) is 5.92 Å². The lowest BCUT2D eigenvalue weighted by Gasteiger charge is -2.61. The number of benzene rings is 2. The van der Waals surface area contributed by atoms with Crippen molar-refractivity contribution in [1.29, 1.82) is 0 Å². The Labute approximate surface area is 252 Å². The lowest BCUT2D eigenvalue weighted by atomic mass is 9.76. The molecule has 10 rings (SSSR count). The molecule has 6 saturated heterocycles. The van der Waals surface area contributed by atoms with Gasteiger partial charge in [-0.1, -0.05) is 43.3 Å². The number of rotatable bonds is 4. The molecule has 8 fully saturated rings. The molecule has 6 unspecified atom stereocenters. The maximum atomic E-state index is 12.7. The number of carbonyl (C=O) groups is 2. The van der Waals surface area contributed by atoms with Gasteiger partial charge in [0.25, 0.3) is 11.9 Å². The van der Waals surface area contributed by atoms with E-state index < -0.39 is 91.0 Å². The van der Waals surface area contributed by atoms with Crippen molar-refractivity contribution in [3.05, 3.63) is 71.8 Å². The number of hydrogen-bond donors (Lipinski definition) is 3. The van der Waals surface area contributed by atoms with E-state index in [2.05, 4.69) is 0 Å². The second-order valence-corrected chi connectivity index (χ2v) is 12.0. The van der Waals surface area contributed by atoms with Gasteiger partial charge in [0, 0.05) is 19.8 Å². The normalized spacial score (nSPS) is 45.8. The minimum Gasteiger partial charge on any atom is -0.453 e. The van der Waals surface area contributed by atoms with Gasteiger partial charge in [-0.25, -0.2) is 9.59 Å². The van der Waals surface area contributed by atoms with Gasteiger partial charge in [0.1, 0.15) is 54.9 Å². The lowest BCUT2D eigenvalue weighted by Crippen LogP contribution is -2.78. The molecule has 7 atom stereocenters. The van der Waals surface area contributed by atoms with Crippen LogP contribution in [0, 0.1) is 5.92 Å². The van der Waals surface area contributed by atoms with E-state index in [1.807, 2.05) is 19.1 Å². The summed E-state index contributed by atoms with van der Waals surface area (Å²) in [5.74, 6) is -3.62. The average Bonchev–Trinajstić information content (AvgIpc) is 3.02. The third-order valence-electron chi connectivity index (χ3n) is 8.96. The number of ether oxygens (including phenoxy) is 8. The molecule has 8 aliphatic rings. The average molecular weight is 615 g/mol. The molecule has 0 amide bonds. The highest BCUT2D eigenvalue weighted by Crippen LogP contribution is 2.50. The van der Waals surface area contributed by atoms with Crippen LogP contribution in [0.15, 0.2) is 60.7 Å². The molecule has 2 aromatic carbocycles. The summed E-state index contributed by atoms with van der Waals surface area (Å²) in [6.45, 7) is 5.17. The zero-order chi connectivity index (χ0) is 31.0. The van der Waals surface area contributed by atoms with E-state index >= 15 is 0 Å². The zero-order valence-electron chi connectivity index (χ0n) is 24.1. The van der Waals surface area contributed by atoms with Gasteiger partial charge in [-0.15, -0.1) is 0 Å². The first kappa shape index (κ1) is 29.7. The molecule has 0 radical (unpaired) electrons. The highest BCUT2D eigenvalue weighted by Gasteiger charge is 2.67. The van der Waals surface area contributed by atoms with Crippen LogP contribution in [0.1, 0.15) is 41.5 Å². The molecule has 2 saturated carbocycles. The first-order valence-electron chi connectivity index (χ1n) is 14.6. The summed E-state index contributed by atoms with van der Waals surface area (Å²) in [7, 11) is 0. The minimum atomic E-state index is -1.25. The smallest absolute Gasteiger partial charge is 0.338 e. The van der Waals surface area contributed by atoms with Crippen molar-refractivity contribution in [2.75, 3.05) is 0 Å². The maximum absolute atomic E-state index is 12.7. The molecular formula is C31H34O13. The fourth-order valence-corrected chi connectivity index (χ4v) is 6.86. The number of carbonyl (C=O) groups excluding carboxylic acids is 2. The standard InChI is InChI=1S/C23H22O7.C8H12O6/c1-13-16-18(26-21(24)14-9-5-3-6-10-14)20-19(17(13)29-23(2,28-16)30-20)27-22(25)15-11-7-4-8-12-15;1-8-12-5-2(9)6(13-8)4(11)7(14-8)3(5)10/h3-13,16-20H,1-2H3;2-7,9-11H,1H3/t13?,16-,17?,18?,19?,20?,23?;/m1./s1. The van der Waals surface area contributed by atoms with Gasteiger partial charge >= 0.3 is 11.9 Å². The van der Waals surface area contributed by atoms with Crippen LogP contribution in [0.3, 0.4) is 0 Å². The van der Waals surface area contributed by atoms with Crippen LogP contribution in [0.25, 0.3) is 0 Å². The van der Waals surface area contributed by atoms with Crippen molar-refractivity contribution in [2.45, 2.75) is 99.9 Å². The molecular weight excluding hydrogens is 580 g/mol. The van der Waals surface area contributed by atoms with Crippen molar-refractivity contribution in [1.82, 2.24) is 0 Å². The van der Waals surface area contributed by atoms with Crippen molar-refractivity contribution in [3.63, 3.8) is 0 Å². The van der Waals surface area contributed by atoms with E-state index in [9.17, 15) is 24.9 Å². The predicted octanol–water partition coefficient (Wildman–Crippen LogP) is 0.883. The Morgan fingerprint density at radius 2 is 0.886 bits per heavy atom. The van der Waals surface area contributed by atoms with Crippen LogP contribution in [-0.4, -0.2) is 106 Å². The summed E-state index contributed by atoms with van der Waals surface area (Å²) in [6, 6.07) is 17.4. The van der Waals surface area contributed by atoms with Crippen LogP contribution >= 0.6 is 0 Å². The highest BCUT2D eigenvalue weighted by atomic mass is 16.9. The van der Waals surface area contributed by atoms with Crippen molar-refractivity contribution < 1.29 is 62.8 Å². The van der Waals surface area contributed by atoms with Crippen LogP contribution in [0.5, 0.6) is 0 Å². The molecule has 6 heterocycles. The summed E-state index contributed by atoms with van der Waals surface area (Å²) in [6.07, 6.45) is -8.22. The highest BCUT2D eigenvalue weighted by molar-refractivity contribution is 5.90. The minimum absolute atomic E-state index is 0.166. The Morgan fingerprint density at radius 3 is 1.25 bits per heavy atom. The Kier molecular flexibility index (Phi) is 7.31. The Bertz CT molecular complexity index is 1260. The molecule has 0 spiro atoms. The second kappa shape index (κ2) is 10.8. The van der Waals surface area contributed by atoms with Crippen LogP contribution in [0.2, 0.25) is 0 Å². The predicted molar refractivity (Wildman–Crippen MR) is 145 cm³/mol. The molecule has 8 bridgehead atoms. The largest absolute Gasteiger partial charge is 0.453 e. The maximum Gasteiger partial charge on any atom is 0.338 e. The lowest BCUT2D eigenvalue weighted by molar-refractivity contribution is -0.531. The quantitative estimate of drug-likeness (QED) is 0.416. The van der Waals surface area contributed by atoms with Crippen LogP contribution in [-0.2, 0) is 37.9 Å². The van der Waals surface area contributed by atoms with Crippen molar-refractivity contribution in [3.8, 4) is 0 Å². The molecule has 236 valence electrons. The number of hydrogen-bond acceptors (Lipinski definition) is 13. The molecule has 2 aromatic rings.